The van der Waals surface area contributed by atoms with E-state index in [2.05, 4.69) is 5.43 Å². The molecule has 0 spiro atoms. The monoisotopic (exact) mass is 237 g/mol. The van der Waals surface area contributed by atoms with Gasteiger partial charge in [-0.2, -0.15) is 0 Å². The Labute approximate surface area is 101 Å². The quantitative estimate of drug-likeness (QED) is 0.521. The average Bonchev–Trinajstić information content (AvgIpc) is 2.35. The number of hydrogen-bond acceptors (Lipinski definition) is 4. The Balaban J connectivity index is 2.95. The summed E-state index contributed by atoms with van der Waals surface area (Å²) in [7, 11) is 0. The van der Waals surface area contributed by atoms with Crippen LogP contribution in [0, 0.1) is 6.92 Å². The van der Waals surface area contributed by atoms with E-state index in [1.54, 1.807) is 17.0 Å². The van der Waals surface area contributed by atoms with E-state index in [0.29, 0.717) is 18.7 Å². The molecule has 0 aliphatic rings. The van der Waals surface area contributed by atoms with Gasteiger partial charge in [-0.3, -0.25) is 10.6 Å². The summed E-state index contributed by atoms with van der Waals surface area (Å²) in [6, 6.07) is 5.32. The smallest absolute Gasteiger partial charge is 0.254 e. The number of hydrazine groups is 1. The van der Waals surface area contributed by atoms with Crippen molar-refractivity contribution in [1.82, 2.24) is 4.90 Å². The normalized spacial score (nSPS) is 10.1. The van der Waals surface area contributed by atoms with Crippen LogP contribution in [0.4, 0.5) is 5.69 Å². The molecule has 0 radical (unpaired) electrons. The Kier molecular flexibility index (Phi) is 4.93. The van der Waals surface area contributed by atoms with E-state index in [1.807, 2.05) is 19.9 Å². The zero-order chi connectivity index (χ0) is 12.8. The molecule has 0 saturated heterocycles. The van der Waals surface area contributed by atoms with Gasteiger partial charge < -0.3 is 15.4 Å². The number of nitrogens with zero attached hydrogens (tertiary/aromatic N) is 1. The number of carbonyl (C=O) groups is 1. The summed E-state index contributed by atoms with van der Waals surface area (Å²) < 4.78 is 0. The molecule has 5 nitrogen and oxygen atoms in total. The number of rotatable bonds is 5. The van der Waals surface area contributed by atoms with Crippen molar-refractivity contribution in [2.75, 3.05) is 25.1 Å². The van der Waals surface area contributed by atoms with Gasteiger partial charge in [0.05, 0.1) is 6.61 Å². The van der Waals surface area contributed by atoms with E-state index in [4.69, 9.17) is 10.9 Å². The first-order chi connectivity index (χ1) is 8.13. The molecule has 17 heavy (non-hydrogen) atoms. The maximum Gasteiger partial charge on any atom is 0.254 e. The second-order valence-electron chi connectivity index (χ2n) is 3.78. The zero-order valence-electron chi connectivity index (χ0n) is 10.2. The van der Waals surface area contributed by atoms with Crippen molar-refractivity contribution in [3.8, 4) is 0 Å². The number of hydrogen-bond donors (Lipinski definition) is 3. The van der Waals surface area contributed by atoms with Crippen molar-refractivity contribution < 1.29 is 9.90 Å². The van der Waals surface area contributed by atoms with Gasteiger partial charge in [-0.1, -0.05) is 0 Å². The van der Waals surface area contributed by atoms with Crippen molar-refractivity contribution in [2.24, 2.45) is 5.84 Å². The van der Waals surface area contributed by atoms with Gasteiger partial charge in [0, 0.05) is 24.3 Å². The molecule has 0 bridgehead atoms. The third-order valence-electron chi connectivity index (χ3n) is 2.66. The third kappa shape index (κ3) is 3.18. The summed E-state index contributed by atoms with van der Waals surface area (Å²) in [5.41, 5.74) is 4.81. The molecule has 0 unspecified atom stereocenters. The number of nitrogens with two attached hydrogens (primary N) is 1. The minimum absolute atomic E-state index is 0.0267. The van der Waals surface area contributed by atoms with E-state index in [1.165, 1.54) is 0 Å². The molecule has 0 saturated carbocycles. The highest BCUT2D eigenvalue weighted by atomic mass is 16.3. The number of anilines is 1. The first-order valence-electron chi connectivity index (χ1n) is 5.61. The number of amides is 1. The molecule has 1 aromatic carbocycles. The predicted octanol–water partition coefficient (Wildman–Crippen LogP) is 0.735. The van der Waals surface area contributed by atoms with Crippen molar-refractivity contribution in [3.05, 3.63) is 29.3 Å². The van der Waals surface area contributed by atoms with Gasteiger partial charge in [0.15, 0.2) is 0 Å². The molecular formula is C12H19N3O2. The fraction of sp³-hybridized carbons (Fsp3) is 0.417. The highest BCUT2D eigenvalue weighted by Crippen LogP contribution is 2.16. The lowest BCUT2D eigenvalue weighted by Gasteiger charge is -2.20. The van der Waals surface area contributed by atoms with E-state index in [-0.39, 0.29) is 12.5 Å². The molecule has 0 aromatic heterocycles. The number of nitrogens with one attached hydrogen (secondary N) is 1. The minimum atomic E-state index is -0.0670. The van der Waals surface area contributed by atoms with Crippen LogP contribution in [0.5, 0.6) is 0 Å². The molecule has 0 aliphatic heterocycles. The summed E-state index contributed by atoms with van der Waals surface area (Å²) in [5.74, 6) is 5.23. The Bertz CT molecular complexity index is 393. The number of aryl methyl sites for hydroxylation is 1. The minimum Gasteiger partial charge on any atom is -0.395 e. The SMILES string of the molecule is CCN(CCO)C(=O)c1ccc(NN)cc1C. The fourth-order valence-electron chi connectivity index (χ4n) is 1.69. The van der Waals surface area contributed by atoms with Crippen molar-refractivity contribution in [3.63, 3.8) is 0 Å². The average molecular weight is 237 g/mol. The molecular weight excluding hydrogens is 218 g/mol. The van der Waals surface area contributed by atoms with Gasteiger partial charge in [-0.25, -0.2) is 0 Å². The molecule has 1 amide bonds. The molecule has 1 aromatic rings. The Morgan fingerprint density at radius 1 is 1.53 bits per heavy atom. The molecule has 5 heteroatoms. The first-order valence-corrected chi connectivity index (χ1v) is 5.61. The Morgan fingerprint density at radius 3 is 2.71 bits per heavy atom. The lowest BCUT2D eigenvalue weighted by Crippen LogP contribution is -2.33. The van der Waals surface area contributed by atoms with Gasteiger partial charge in [0.2, 0.25) is 0 Å². The third-order valence-corrected chi connectivity index (χ3v) is 2.66. The fourth-order valence-corrected chi connectivity index (χ4v) is 1.69. The van der Waals surface area contributed by atoms with E-state index in [9.17, 15) is 4.79 Å². The summed E-state index contributed by atoms with van der Waals surface area (Å²) in [5, 5.41) is 8.89. The van der Waals surface area contributed by atoms with Gasteiger partial charge in [0.1, 0.15) is 0 Å². The topological polar surface area (TPSA) is 78.6 Å². The van der Waals surface area contributed by atoms with Crippen molar-refractivity contribution in [2.45, 2.75) is 13.8 Å². The predicted molar refractivity (Wildman–Crippen MR) is 67.7 cm³/mol. The number of nitrogen functional groups attached to an aromatic ring is 1. The van der Waals surface area contributed by atoms with Gasteiger partial charge in [-0.15, -0.1) is 0 Å². The van der Waals surface area contributed by atoms with Crippen LogP contribution in [-0.2, 0) is 0 Å². The number of carbonyl (C=O) groups excluding carboxylic acids is 1. The number of likely N-dealkylation sites (N-methyl/N-ethyl adjacent to an activating group) is 1. The molecule has 0 fully saturated rings. The second kappa shape index (κ2) is 6.22. The summed E-state index contributed by atoms with van der Waals surface area (Å²) >= 11 is 0. The van der Waals surface area contributed by atoms with Gasteiger partial charge >= 0.3 is 0 Å². The van der Waals surface area contributed by atoms with Crippen LogP contribution in [0.3, 0.4) is 0 Å². The number of benzene rings is 1. The van der Waals surface area contributed by atoms with E-state index < -0.39 is 0 Å². The van der Waals surface area contributed by atoms with E-state index >= 15 is 0 Å². The van der Waals surface area contributed by atoms with Gasteiger partial charge in [0.25, 0.3) is 5.91 Å². The summed E-state index contributed by atoms with van der Waals surface area (Å²) in [4.78, 5) is 13.8. The van der Waals surface area contributed by atoms with Crippen LogP contribution in [0.25, 0.3) is 0 Å². The van der Waals surface area contributed by atoms with Crippen LogP contribution < -0.4 is 11.3 Å². The number of aliphatic hydroxyl groups is 1. The molecule has 0 heterocycles. The van der Waals surface area contributed by atoms with Crippen LogP contribution in [0.2, 0.25) is 0 Å². The zero-order valence-corrected chi connectivity index (χ0v) is 10.2. The lowest BCUT2D eigenvalue weighted by atomic mass is 10.1. The maximum absolute atomic E-state index is 12.1. The lowest BCUT2D eigenvalue weighted by molar-refractivity contribution is 0.0731. The molecule has 0 aliphatic carbocycles. The Hall–Kier alpha value is -1.59. The maximum atomic E-state index is 12.1. The van der Waals surface area contributed by atoms with Crippen LogP contribution in [0.15, 0.2) is 18.2 Å². The largest absolute Gasteiger partial charge is 0.395 e. The van der Waals surface area contributed by atoms with Crippen LogP contribution in [-0.4, -0.2) is 35.6 Å². The highest BCUT2D eigenvalue weighted by molar-refractivity contribution is 5.96. The van der Waals surface area contributed by atoms with Gasteiger partial charge in [-0.05, 0) is 37.6 Å². The van der Waals surface area contributed by atoms with E-state index in [0.717, 1.165) is 11.3 Å². The second-order valence-corrected chi connectivity index (χ2v) is 3.78. The molecule has 94 valence electrons. The molecule has 1 rings (SSSR count). The molecule has 0 atom stereocenters. The Morgan fingerprint density at radius 2 is 2.24 bits per heavy atom. The van der Waals surface area contributed by atoms with Crippen LogP contribution >= 0.6 is 0 Å². The molecule has 4 N–H and O–H groups in total. The summed E-state index contributed by atoms with van der Waals surface area (Å²) in [6.07, 6.45) is 0. The van der Waals surface area contributed by atoms with Crippen LogP contribution in [0.1, 0.15) is 22.8 Å². The number of aliphatic hydroxyl groups excluding tert-OH is 1. The summed E-state index contributed by atoms with van der Waals surface area (Å²) in [6.45, 7) is 4.65. The van der Waals surface area contributed by atoms with Crippen molar-refractivity contribution >= 4 is 11.6 Å². The van der Waals surface area contributed by atoms with Crippen molar-refractivity contribution in [1.29, 1.82) is 0 Å². The highest BCUT2D eigenvalue weighted by Gasteiger charge is 2.15. The standard InChI is InChI=1S/C12H19N3O2/c1-3-15(6-7-16)12(17)11-5-4-10(14-13)8-9(11)2/h4-5,8,14,16H,3,6-7,13H2,1-2H3. The first kappa shape index (κ1) is 13.5.